The van der Waals surface area contributed by atoms with Gasteiger partial charge in [0, 0.05) is 18.6 Å². The van der Waals surface area contributed by atoms with E-state index in [0.29, 0.717) is 6.61 Å². The maximum atomic E-state index is 6.05. The molecule has 0 aliphatic heterocycles. The van der Waals surface area contributed by atoms with Gasteiger partial charge in [-0.15, -0.1) is 0 Å². The first-order valence-corrected chi connectivity index (χ1v) is 10.5. The third-order valence-electron chi connectivity index (χ3n) is 4.39. The lowest BCUT2D eigenvalue weighted by atomic mass is 10.1. The third kappa shape index (κ3) is 5.96. The second-order valence-electron chi connectivity index (χ2n) is 6.34. The Hall–Kier alpha value is -2.07. The Balaban J connectivity index is 1.62. The molecule has 4 heteroatoms. The monoisotopic (exact) mass is 397 g/mol. The van der Waals surface area contributed by atoms with Crippen LogP contribution in [0.15, 0.2) is 77.0 Å². The number of ether oxygens (including phenoxy) is 1. The van der Waals surface area contributed by atoms with Gasteiger partial charge in [0.15, 0.2) is 0 Å². The molecule has 0 atom stereocenters. The third-order valence-corrected chi connectivity index (χ3v) is 5.25. The van der Waals surface area contributed by atoms with E-state index in [0.717, 1.165) is 25.4 Å². The van der Waals surface area contributed by atoms with Crippen molar-refractivity contribution in [2.24, 2.45) is 0 Å². The highest BCUT2D eigenvalue weighted by atomic mass is 35.5. The highest BCUT2D eigenvalue weighted by molar-refractivity contribution is 7.08. The average Bonchev–Trinajstić information content (AvgIpc) is 3.25. The summed E-state index contributed by atoms with van der Waals surface area (Å²) in [4.78, 5) is 2.32. The first-order valence-electron chi connectivity index (χ1n) is 9.09. The van der Waals surface area contributed by atoms with E-state index >= 15 is 0 Å². The van der Waals surface area contributed by atoms with Gasteiger partial charge in [0.25, 0.3) is 0 Å². The van der Waals surface area contributed by atoms with Crippen molar-refractivity contribution in [3.8, 4) is 16.9 Å². The van der Waals surface area contributed by atoms with Gasteiger partial charge in [-0.05, 0) is 63.8 Å². The number of thiophene rings is 1. The molecular weight excluding hydrogens is 374 g/mol. The van der Waals surface area contributed by atoms with Gasteiger partial charge in [0.2, 0.25) is 0 Å². The van der Waals surface area contributed by atoms with Crippen LogP contribution in [0.3, 0.4) is 0 Å². The van der Waals surface area contributed by atoms with E-state index in [9.17, 15) is 0 Å². The van der Waals surface area contributed by atoms with Crippen molar-refractivity contribution in [3.05, 3.63) is 88.1 Å². The predicted octanol–water partition coefficient (Wildman–Crippen LogP) is 6.57. The van der Waals surface area contributed by atoms with Crippen molar-refractivity contribution in [1.82, 2.24) is 4.90 Å². The summed E-state index contributed by atoms with van der Waals surface area (Å²) in [5.41, 5.74) is 6.48. The number of halogens is 1. The number of rotatable bonds is 9. The van der Waals surface area contributed by atoms with E-state index in [1.807, 2.05) is 12.1 Å². The number of likely N-dealkylation sites (N-methyl/N-ethyl adjacent to an activating group) is 1. The molecule has 1 aromatic heterocycles. The van der Waals surface area contributed by atoms with E-state index in [-0.39, 0.29) is 0 Å². The quantitative estimate of drug-likeness (QED) is 0.405. The van der Waals surface area contributed by atoms with Gasteiger partial charge in [-0.1, -0.05) is 54.9 Å². The SMILES string of the molecule is CCN(CC=CCl)Cc1cccc(OCc2cccc(-c3ccsc3)c2)c1. The molecule has 0 N–H and O–H groups in total. The molecule has 0 bridgehead atoms. The number of hydrogen-bond acceptors (Lipinski definition) is 3. The van der Waals surface area contributed by atoms with Gasteiger partial charge >= 0.3 is 0 Å². The van der Waals surface area contributed by atoms with E-state index in [2.05, 4.69) is 71.1 Å². The van der Waals surface area contributed by atoms with E-state index in [4.69, 9.17) is 16.3 Å². The van der Waals surface area contributed by atoms with Crippen molar-refractivity contribution in [2.45, 2.75) is 20.1 Å². The zero-order valence-corrected chi connectivity index (χ0v) is 17.0. The highest BCUT2D eigenvalue weighted by Crippen LogP contribution is 2.24. The summed E-state index contributed by atoms with van der Waals surface area (Å²) < 4.78 is 6.05. The van der Waals surface area contributed by atoms with Crippen molar-refractivity contribution in [1.29, 1.82) is 0 Å². The lowest BCUT2D eigenvalue weighted by molar-refractivity contribution is 0.299. The standard InChI is InChI=1S/C23H24ClNOS/c1-2-25(12-5-11-24)16-19-6-4-9-23(15-19)26-17-20-7-3-8-21(14-20)22-10-13-27-18-22/h3-11,13-15,18H,2,12,16-17H2,1H3. The molecule has 0 amide bonds. The zero-order valence-electron chi connectivity index (χ0n) is 15.5. The molecule has 0 saturated carbocycles. The fourth-order valence-corrected chi connectivity index (χ4v) is 3.67. The molecule has 0 saturated heterocycles. The average molecular weight is 398 g/mol. The van der Waals surface area contributed by atoms with E-state index in [1.165, 1.54) is 22.3 Å². The van der Waals surface area contributed by atoms with Crippen LogP contribution in [-0.2, 0) is 13.2 Å². The second-order valence-corrected chi connectivity index (χ2v) is 7.37. The first-order chi connectivity index (χ1) is 13.3. The predicted molar refractivity (Wildman–Crippen MR) is 116 cm³/mol. The smallest absolute Gasteiger partial charge is 0.120 e. The Morgan fingerprint density at radius 3 is 2.67 bits per heavy atom. The lowest BCUT2D eigenvalue weighted by Crippen LogP contribution is -2.22. The summed E-state index contributed by atoms with van der Waals surface area (Å²) in [6.45, 7) is 5.42. The molecule has 1 heterocycles. The number of hydrogen-bond donors (Lipinski definition) is 0. The minimum absolute atomic E-state index is 0.563. The lowest BCUT2D eigenvalue weighted by Gasteiger charge is -2.19. The van der Waals surface area contributed by atoms with Gasteiger partial charge in [-0.25, -0.2) is 0 Å². The van der Waals surface area contributed by atoms with Crippen molar-refractivity contribution in [2.75, 3.05) is 13.1 Å². The molecule has 3 aromatic rings. The van der Waals surface area contributed by atoms with Gasteiger partial charge in [-0.2, -0.15) is 11.3 Å². The normalized spacial score (nSPS) is 11.4. The van der Waals surface area contributed by atoms with Gasteiger partial charge in [-0.3, -0.25) is 4.90 Å². The highest BCUT2D eigenvalue weighted by Gasteiger charge is 2.05. The van der Waals surface area contributed by atoms with Gasteiger partial charge in [0.05, 0.1) is 0 Å². The molecule has 0 aliphatic carbocycles. The van der Waals surface area contributed by atoms with E-state index in [1.54, 1.807) is 16.9 Å². The summed E-state index contributed by atoms with van der Waals surface area (Å²) in [7, 11) is 0. The summed E-state index contributed by atoms with van der Waals surface area (Å²) in [6.07, 6.45) is 1.96. The van der Waals surface area contributed by atoms with Crippen molar-refractivity contribution in [3.63, 3.8) is 0 Å². The first kappa shape index (κ1) is 19.7. The summed E-state index contributed by atoms with van der Waals surface area (Å²) in [6, 6.07) is 19.0. The molecular formula is C23H24ClNOS. The zero-order chi connectivity index (χ0) is 18.9. The Morgan fingerprint density at radius 1 is 1.04 bits per heavy atom. The van der Waals surface area contributed by atoms with Crippen LogP contribution in [0.5, 0.6) is 5.75 Å². The van der Waals surface area contributed by atoms with Crippen LogP contribution in [0.2, 0.25) is 0 Å². The maximum Gasteiger partial charge on any atom is 0.120 e. The number of nitrogens with zero attached hydrogens (tertiary/aromatic N) is 1. The van der Waals surface area contributed by atoms with Crippen molar-refractivity contribution >= 4 is 22.9 Å². The molecule has 0 spiro atoms. The Morgan fingerprint density at radius 2 is 1.89 bits per heavy atom. The van der Waals surface area contributed by atoms with Crippen LogP contribution in [0, 0.1) is 0 Å². The van der Waals surface area contributed by atoms with E-state index < -0.39 is 0 Å². The molecule has 0 aliphatic rings. The Kier molecular flexibility index (Phi) is 7.52. The summed E-state index contributed by atoms with van der Waals surface area (Å²) in [5.74, 6) is 0.900. The molecule has 2 nitrogen and oxygen atoms in total. The Labute approximate surface area is 170 Å². The van der Waals surface area contributed by atoms with Gasteiger partial charge < -0.3 is 4.74 Å². The molecule has 0 unspecified atom stereocenters. The van der Waals surface area contributed by atoms with Crippen LogP contribution in [0.25, 0.3) is 11.1 Å². The minimum atomic E-state index is 0.563. The van der Waals surface area contributed by atoms with Gasteiger partial charge in [0.1, 0.15) is 12.4 Å². The molecule has 140 valence electrons. The fourth-order valence-electron chi connectivity index (χ4n) is 2.92. The maximum absolute atomic E-state index is 6.05. The minimum Gasteiger partial charge on any atom is -0.489 e. The largest absolute Gasteiger partial charge is 0.489 e. The fraction of sp³-hybridized carbons (Fsp3) is 0.217. The van der Waals surface area contributed by atoms with Crippen LogP contribution in [0.1, 0.15) is 18.1 Å². The van der Waals surface area contributed by atoms with Crippen LogP contribution >= 0.6 is 22.9 Å². The summed E-state index contributed by atoms with van der Waals surface area (Å²) >= 11 is 7.36. The van der Waals surface area contributed by atoms with Crippen LogP contribution < -0.4 is 4.74 Å². The summed E-state index contributed by atoms with van der Waals surface area (Å²) in [5, 5.41) is 4.27. The number of benzene rings is 2. The molecule has 0 radical (unpaired) electrons. The van der Waals surface area contributed by atoms with Crippen molar-refractivity contribution < 1.29 is 4.74 Å². The van der Waals surface area contributed by atoms with Crippen LogP contribution in [-0.4, -0.2) is 18.0 Å². The molecule has 0 fully saturated rings. The molecule has 27 heavy (non-hydrogen) atoms. The van der Waals surface area contributed by atoms with Crippen LogP contribution in [0.4, 0.5) is 0 Å². The second kappa shape index (κ2) is 10.3. The molecule has 2 aromatic carbocycles. The topological polar surface area (TPSA) is 12.5 Å². The molecule has 3 rings (SSSR count). The Bertz CT molecular complexity index is 860.